The maximum atomic E-state index is 13.3. The minimum absolute atomic E-state index is 0.0729. The maximum absolute atomic E-state index is 13.3. The van der Waals surface area contributed by atoms with E-state index >= 15 is 0 Å². The molecule has 8 heteroatoms. The maximum Gasteiger partial charge on any atom is 0.350 e. The summed E-state index contributed by atoms with van der Waals surface area (Å²) in [5.74, 6) is -0.264. The van der Waals surface area contributed by atoms with Gasteiger partial charge in [-0.15, -0.1) is 0 Å². The lowest BCUT2D eigenvalue weighted by molar-refractivity contribution is 0.0986. The molecule has 0 aliphatic carbocycles. The Morgan fingerprint density at radius 1 is 1.19 bits per heavy atom. The second-order valence-electron chi connectivity index (χ2n) is 6.84. The lowest BCUT2D eigenvalue weighted by Crippen LogP contribution is -2.20. The van der Waals surface area contributed by atoms with E-state index in [9.17, 15) is 14.2 Å². The van der Waals surface area contributed by atoms with Crippen LogP contribution in [0.5, 0.6) is 0 Å². The Kier molecular flexibility index (Phi) is 7.20. The molecule has 0 aliphatic rings. The highest BCUT2D eigenvalue weighted by Crippen LogP contribution is 2.52. The smallest absolute Gasteiger partial charge is 0.334 e. The molecular weight excluding hydrogens is 433 g/mol. The standard InChI is InChI=1S/C19H25BrNO5P/c1-6-18(22)16-10-21(11-27(24,25-12(2)3)26-13(4)5)17-8-7-14(20)9-15(17)19(16)23/h7-10,12-13H,6,11H2,1-5H3. The highest BCUT2D eigenvalue weighted by molar-refractivity contribution is 9.10. The molecule has 0 unspecified atom stereocenters. The number of nitrogens with zero attached hydrogens (tertiary/aromatic N) is 1. The predicted octanol–water partition coefficient (Wildman–Crippen LogP) is 5.36. The molecule has 2 rings (SSSR count). The normalized spacial score (nSPS) is 12.3. The molecule has 0 radical (unpaired) electrons. The molecule has 0 aliphatic heterocycles. The van der Waals surface area contributed by atoms with Crippen LogP contribution in [-0.2, 0) is 19.9 Å². The highest BCUT2D eigenvalue weighted by Gasteiger charge is 2.29. The van der Waals surface area contributed by atoms with Crippen molar-refractivity contribution in [2.24, 2.45) is 0 Å². The molecule has 0 fully saturated rings. The predicted molar refractivity (Wildman–Crippen MR) is 111 cm³/mol. The van der Waals surface area contributed by atoms with Crippen LogP contribution >= 0.6 is 23.5 Å². The lowest BCUT2D eigenvalue weighted by Gasteiger charge is -2.24. The second-order valence-corrected chi connectivity index (χ2v) is 9.68. The van der Waals surface area contributed by atoms with Crippen LogP contribution in [0, 0.1) is 0 Å². The molecular formula is C19H25BrNO5P. The third kappa shape index (κ3) is 5.38. The number of hydrogen-bond donors (Lipinski definition) is 0. The first-order valence-corrected chi connectivity index (χ1v) is 11.4. The van der Waals surface area contributed by atoms with Crippen molar-refractivity contribution in [1.29, 1.82) is 0 Å². The van der Waals surface area contributed by atoms with Gasteiger partial charge in [0.1, 0.15) is 6.29 Å². The van der Waals surface area contributed by atoms with Crippen LogP contribution in [0.15, 0.2) is 33.7 Å². The van der Waals surface area contributed by atoms with Crippen LogP contribution in [0.1, 0.15) is 51.4 Å². The first kappa shape index (κ1) is 22.0. The van der Waals surface area contributed by atoms with Gasteiger partial charge in [-0.25, -0.2) is 0 Å². The zero-order valence-corrected chi connectivity index (χ0v) is 18.7. The zero-order valence-electron chi connectivity index (χ0n) is 16.2. The van der Waals surface area contributed by atoms with Gasteiger partial charge in [-0.2, -0.15) is 0 Å². The summed E-state index contributed by atoms with van der Waals surface area (Å²) in [6.07, 6.45) is 0.977. The monoisotopic (exact) mass is 457 g/mol. The molecule has 148 valence electrons. The number of carbonyl (C=O) groups excluding carboxylic acids is 1. The largest absolute Gasteiger partial charge is 0.350 e. The molecule has 0 spiro atoms. The fourth-order valence-electron chi connectivity index (χ4n) is 2.80. The first-order chi connectivity index (χ1) is 12.6. The number of aromatic nitrogens is 1. The fraction of sp³-hybridized carbons (Fsp3) is 0.474. The summed E-state index contributed by atoms with van der Waals surface area (Å²) in [6.45, 7) is 8.82. The topological polar surface area (TPSA) is 74.6 Å². The zero-order chi connectivity index (χ0) is 20.4. The van der Waals surface area contributed by atoms with Gasteiger partial charge < -0.3 is 13.6 Å². The van der Waals surface area contributed by atoms with Gasteiger partial charge in [-0.3, -0.25) is 14.2 Å². The van der Waals surface area contributed by atoms with Gasteiger partial charge in [0.15, 0.2) is 11.2 Å². The van der Waals surface area contributed by atoms with Crippen LogP contribution in [0.3, 0.4) is 0 Å². The van der Waals surface area contributed by atoms with Crippen molar-refractivity contribution < 1.29 is 18.4 Å². The van der Waals surface area contributed by atoms with E-state index in [-0.39, 0.29) is 41.7 Å². The summed E-state index contributed by atoms with van der Waals surface area (Å²) in [4.78, 5) is 25.0. The van der Waals surface area contributed by atoms with E-state index in [0.717, 1.165) is 4.47 Å². The number of rotatable bonds is 8. The Balaban J connectivity index is 2.68. The third-order valence-electron chi connectivity index (χ3n) is 3.73. The number of pyridine rings is 1. The van der Waals surface area contributed by atoms with Crippen LogP contribution in [-0.4, -0.2) is 22.6 Å². The van der Waals surface area contributed by atoms with Gasteiger partial charge in [-0.05, 0) is 45.9 Å². The molecule has 2 aromatic rings. The molecule has 0 saturated heterocycles. The van der Waals surface area contributed by atoms with E-state index in [4.69, 9.17) is 9.05 Å². The molecule has 0 N–H and O–H groups in total. The number of Topliss-reactive ketones (excluding diaryl/α,β-unsaturated/α-hetero) is 1. The Hall–Kier alpha value is -1.27. The van der Waals surface area contributed by atoms with Gasteiger partial charge in [0.2, 0.25) is 0 Å². The second kappa shape index (κ2) is 8.82. The average molecular weight is 458 g/mol. The summed E-state index contributed by atoms with van der Waals surface area (Å²) in [5, 5.41) is 0.379. The van der Waals surface area contributed by atoms with Crippen molar-refractivity contribution in [2.75, 3.05) is 0 Å². The van der Waals surface area contributed by atoms with Gasteiger partial charge >= 0.3 is 7.60 Å². The quantitative estimate of drug-likeness (QED) is 0.394. The van der Waals surface area contributed by atoms with Gasteiger partial charge in [-0.1, -0.05) is 22.9 Å². The summed E-state index contributed by atoms with van der Waals surface area (Å²) in [7, 11) is -3.51. The number of benzene rings is 1. The van der Waals surface area contributed by atoms with Crippen molar-refractivity contribution in [3.8, 4) is 0 Å². The molecule has 0 amide bonds. The molecule has 1 aromatic carbocycles. The van der Waals surface area contributed by atoms with Crippen molar-refractivity contribution >= 4 is 40.2 Å². The third-order valence-corrected chi connectivity index (χ3v) is 6.36. The van der Waals surface area contributed by atoms with E-state index in [0.29, 0.717) is 10.9 Å². The van der Waals surface area contributed by atoms with Gasteiger partial charge in [0.05, 0.1) is 23.3 Å². The Morgan fingerprint density at radius 2 is 1.78 bits per heavy atom. The van der Waals surface area contributed by atoms with E-state index in [1.165, 1.54) is 6.20 Å². The lowest BCUT2D eigenvalue weighted by atomic mass is 10.1. The molecule has 1 aromatic heterocycles. The first-order valence-electron chi connectivity index (χ1n) is 8.88. The average Bonchev–Trinajstić information content (AvgIpc) is 2.55. The van der Waals surface area contributed by atoms with E-state index in [1.807, 2.05) is 0 Å². The van der Waals surface area contributed by atoms with Crippen LogP contribution in [0.2, 0.25) is 0 Å². The molecule has 6 nitrogen and oxygen atoms in total. The van der Waals surface area contributed by atoms with Crippen molar-refractivity contribution in [1.82, 2.24) is 4.57 Å². The number of hydrogen-bond acceptors (Lipinski definition) is 5. The highest BCUT2D eigenvalue weighted by atomic mass is 79.9. The number of ketones is 1. The van der Waals surface area contributed by atoms with E-state index in [1.54, 1.807) is 57.4 Å². The molecule has 0 bridgehead atoms. The van der Waals surface area contributed by atoms with Crippen molar-refractivity contribution in [3.05, 3.63) is 44.7 Å². The van der Waals surface area contributed by atoms with Crippen LogP contribution in [0.4, 0.5) is 0 Å². The van der Waals surface area contributed by atoms with Crippen LogP contribution in [0.25, 0.3) is 10.9 Å². The molecule has 1 heterocycles. The van der Waals surface area contributed by atoms with Gasteiger partial charge in [0, 0.05) is 22.5 Å². The Labute approximate surface area is 167 Å². The summed E-state index contributed by atoms with van der Waals surface area (Å²) in [5.41, 5.74) is 0.304. The van der Waals surface area contributed by atoms with Gasteiger partial charge in [0.25, 0.3) is 0 Å². The van der Waals surface area contributed by atoms with Crippen molar-refractivity contribution in [2.45, 2.75) is 59.5 Å². The summed E-state index contributed by atoms with van der Waals surface area (Å²) in [6, 6.07) is 5.20. The van der Waals surface area contributed by atoms with E-state index in [2.05, 4.69) is 15.9 Å². The Morgan fingerprint density at radius 3 is 2.30 bits per heavy atom. The molecule has 0 atom stereocenters. The minimum atomic E-state index is -3.51. The summed E-state index contributed by atoms with van der Waals surface area (Å²) >= 11 is 3.36. The van der Waals surface area contributed by atoms with E-state index < -0.39 is 7.60 Å². The molecule has 0 saturated carbocycles. The number of halogens is 1. The summed E-state index contributed by atoms with van der Waals surface area (Å²) < 4.78 is 26.9. The number of fused-ring (bicyclic) bond motifs is 1. The SMILES string of the molecule is CCC(=O)c1cn(CP(=O)(OC(C)C)OC(C)C)c2ccc(Br)cc2c1=O. The number of carbonyl (C=O) groups is 1. The fourth-order valence-corrected chi connectivity index (χ4v) is 5.23. The Bertz CT molecular complexity index is 937. The molecule has 27 heavy (non-hydrogen) atoms. The van der Waals surface area contributed by atoms with Crippen molar-refractivity contribution in [3.63, 3.8) is 0 Å². The minimum Gasteiger partial charge on any atom is -0.334 e. The van der Waals surface area contributed by atoms with Crippen LogP contribution < -0.4 is 5.43 Å².